The van der Waals surface area contributed by atoms with Crippen LogP contribution in [0.2, 0.25) is 0 Å². The zero-order chi connectivity index (χ0) is 32.1. The Balaban J connectivity index is 2.33. The van der Waals surface area contributed by atoms with Gasteiger partial charge in [0.1, 0.15) is 12.1 Å². The summed E-state index contributed by atoms with van der Waals surface area (Å²) in [7, 11) is 1.46. The van der Waals surface area contributed by atoms with Gasteiger partial charge in [-0.2, -0.15) is 0 Å². The van der Waals surface area contributed by atoms with Crippen molar-refractivity contribution >= 4 is 29.4 Å². The van der Waals surface area contributed by atoms with Crippen LogP contribution < -0.4 is 10.6 Å². The molecule has 5 atom stereocenters. The first-order valence-corrected chi connectivity index (χ1v) is 14.5. The van der Waals surface area contributed by atoms with E-state index in [4.69, 9.17) is 9.47 Å². The number of esters is 1. The summed E-state index contributed by atoms with van der Waals surface area (Å²) in [5.41, 5.74) is 0.780. The first kappa shape index (κ1) is 35.3. The van der Waals surface area contributed by atoms with Crippen LogP contribution in [0.5, 0.6) is 0 Å². The molecular weight excluding hydrogens is 552 g/mol. The Morgan fingerprint density at radius 1 is 1.07 bits per heavy atom. The van der Waals surface area contributed by atoms with Crippen molar-refractivity contribution in [3.63, 3.8) is 0 Å². The number of carbonyl (C=O) groups is 5. The molecule has 0 saturated heterocycles. The maximum Gasteiger partial charge on any atom is 0.328 e. The van der Waals surface area contributed by atoms with Crippen molar-refractivity contribution < 1.29 is 38.6 Å². The molecule has 2 amide bonds. The number of ether oxygens (including phenoxy) is 2. The predicted molar refractivity (Wildman–Crippen MR) is 162 cm³/mol. The second-order valence-electron chi connectivity index (χ2n) is 11.1. The quantitative estimate of drug-likeness (QED) is 0.249. The summed E-state index contributed by atoms with van der Waals surface area (Å²) >= 11 is 0. The molecule has 2 bridgehead atoms. The number of hydrogen-bond acceptors (Lipinski definition) is 8. The highest BCUT2D eigenvalue weighted by Crippen LogP contribution is 2.24. The molecule has 234 valence electrons. The summed E-state index contributed by atoms with van der Waals surface area (Å²) in [6.07, 6.45) is 13.2. The third-order valence-electron chi connectivity index (χ3n) is 7.20. The van der Waals surface area contributed by atoms with Crippen LogP contribution in [0.3, 0.4) is 0 Å². The van der Waals surface area contributed by atoms with Gasteiger partial charge in [-0.1, -0.05) is 63.3 Å². The van der Waals surface area contributed by atoms with Gasteiger partial charge in [0.25, 0.3) is 0 Å². The third kappa shape index (κ3) is 11.4. The highest BCUT2D eigenvalue weighted by molar-refractivity contribution is 6.21. The van der Waals surface area contributed by atoms with Crippen LogP contribution in [0, 0.1) is 11.8 Å². The molecule has 2 rings (SSSR count). The van der Waals surface area contributed by atoms with Crippen LogP contribution in [0.15, 0.2) is 71.5 Å². The largest absolute Gasteiger partial charge is 0.460 e. The second kappa shape index (κ2) is 17.3. The van der Waals surface area contributed by atoms with Gasteiger partial charge in [0.05, 0.1) is 24.3 Å². The second-order valence-corrected chi connectivity index (χ2v) is 11.1. The Labute approximate surface area is 253 Å². The Bertz CT molecular complexity index is 1240. The maximum absolute atomic E-state index is 13.0. The van der Waals surface area contributed by atoms with E-state index in [-0.39, 0.29) is 35.9 Å². The van der Waals surface area contributed by atoms with Crippen molar-refractivity contribution in [3.8, 4) is 0 Å². The van der Waals surface area contributed by atoms with Crippen LogP contribution in [0.1, 0.15) is 60.3 Å². The number of methoxy groups -OCH3 is 1. The number of amides is 2. The SMILES string of the molecule is CO[C@H]1\C=C/C=C/C=C/C[C@H](OC(=O)[C@@H](C)NC(=O)C(C)C)[C@@H](C)[C@@H](O)/C(C)=C\CCC2=CC(=O)C=C(NC(=O)C1)C2=O. The van der Waals surface area contributed by atoms with E-state index in [1.807, 2.05) is 6.08 Å². The molecule has 10 nitrogen and oxygen atoms in total. The summed E-state index contributed by atoms with van der Waals surface area (Å²) in [6, 6.07) is -0.868. The molecule has 1 heterocycles. The highest BCUT2D eigenvalue weighted by atomic mass is 16.5. The fourth-order valence-electron chi connectivity index (χ4n) is 4.41. The summed E-state index contributed by atoms with van der Waals surface area (Å²) in [6.45, 7) is 8.52. The highest BCUT2D eigenvalue weighted by Gasteiger charge is 2.30. The molecule has 0 saturated carbocycles. The lowest BCUT2D eigenvalue weighted by molar-refractivity contribution is -0.156. The number of aliphatic hydroxyl groups is 1. The summed E-state index contributed by atoms with van der Waals surface area (Å²) in [5.74, 6) is -3.00. The lowest BCUT2D eigenvalue weighted by Crippen LogP contribution is -2.44. The van der Waals surface area contributed by atoms with Crippen molar-refractivity contribution in [2.45, 2.75) is 84.7 Å². The van der Waals surface area contributed by atoms with Crippen LogP contribution in [-0.2, 0) is 33.4 Å². The standard InChI is InChI=1S/C33H44N2O8/c1-20(2)32(40)34-23(5)33(41)43-28-16-11-9-7-8-10-15-26(42-6)19-29(37)35-27-18-25(36)17-24(31(27)39)14-12-13-21(3)30(38)22(28)4/h7-11,13,15,17-18,20,22-23,26,28,30,38H,12,14,16,19H2,1-6H3,(H,34,40)(H,35,37)/b8-7+,11-9+,15-10-,21-13-/t22-,23-,26+,28+,30+/m1/s1. The monoisotopic (exact) mass is 596 g/mol. The minimum atomic E-state index is -0.974. The van der Waals surface area contributed by atoms with Gasteiger partial charge in [-0.05, 0) is 38.3 Å². The molecule has 0 aromatic rings. The van der Waals surface area contributed by atoms with Crippen molar-refractivity contribution in [1.29, 1.82) is 0 Å². The molecular formula is C33H44N2O8. The normalized spacial score (nSPS) is 28.6. The third-order valence-corrected chi connectivity index (χ3v) is 7.20. The number of ketones is 2. The van der Waals surface area contributed by atoms with E-state index in [0.29, 0.717) is 18.4 Å². The number of fused-ring (bicyclic) bond motifs is 2. The first-order valence-electron chi connectivity index (χ1n) is 14.5. The zero-order valence-corrected chi connectivity index (χ0v) is 25.8. The molecule has 3 N–H and O–H groups in total. The van der Waals surface area contributed by atoms with Crippen molar-refractivity contribution in [2.24, 2.45) is 11.8 Å². The molecule has 1 aliphatic heterocycles. The van der Waals surface area contributed by atoms with Crippen LogP contribution in [0.4, 0.5) is 0 Å². The van der Waals surface area contributed by atoms with Crippen molar-refractivity contribution in [3.05, 3.63) is 71.5 Å². The molecule has 0 aromatic heterocycles. The molecule has 2 aliphatic rings. The average Bonchev–Trinajstić information content (AvgIpc) is 2.95. The van der Waals surface area contributed by atoms with Crippen LogP contribution >= 0.6 is 0 Å². The molecule has 0 fully saturated rings. The Morgan fingerprint density at radius 3 is 2.44 bits per heavy atom. The summed E-state index contributed by atoms with van der Waals surface area (Å²) in [5, 5.41) is 16.3. The van der Waals surface area contributed by atoms with E-state index in [1.165, 1.54) is 13.2 Å². The number of Topliss-reactive ketones (excluding diaryl/α,β-unsaturated/α-hetero) is 1. The number of allylic oxidation sites excluding steroid dienone is 8. The minimum absolute atomic E-state index is 0.0602. The Kier molecular flexibility index (Phi) is 14.2. The molecule has 43 heavy (non-hydrogen) atoms. The van der Waals surface area contributed by atoms with Gasteiger partial charge in [-0.15, -0.1) is 0 Å². The van der Waals surface area contributed by atoms with E-state index < -0.39 is 53.7 Å². The lowest BCUT2D eigenvalue weighted by Gasteiger charge is -2.29. The van der Waals surface area contributed by atoms with Gasteiger partial charge in [-0.3, -0.25) is 19.2 Å². The Hall–Kier alpha value is -3.89. The van der Waals surface area contributed by atoms with Gasteiger partial charge in [0.2, 0.25) is 17.6 Å². The average molecular weight is 597 g/mol. The van der Waals surface area contributed by atoms with E-state index in [0.717, 1.165) is 6.08 Å². The minimum Gasteiger partial charge on any atom is -0.460 e. The Morgan fingerprint density at radius 2 is 1.77 bits per heavy atom. The van der Waals surface area contributed by atoms with Crippen molar-refractivity contribution in [1.82, 2.24) is 10.6 Å². The summed E-state index contributed by atoms with van der Waals surface area (Å²) in [4.78, 5) is 62.8. The van der Waals surface area contributed by atoms with Gasteiger partial charge in [-0.25, -0.2) is 4.79 Å². The first-order chi connectivity index (χ1) is 20.3. The number of hydrogen-bond donors (Lipinski definition) is 3. The number of rotatable bonds is 5. The zero-order valence-electron chi connectivity index (χ0n) is 25.8. The van der Waals surface area contributed by atoms with Gasteiger partial charge in [0.15, 0.2) is 5.78 Å². The smallest absolute Gasteiger partial charge is 0.328 e. The number of aliphatic hydroxyl groups excluding tert-OH is 1. The van der Waals surface area contributed by atoms with Crippen LogP contribution in [-0.4, -0.2) is 65.9 Å². The fourth-order valence-corrected chi connectivity index (χ4v) is 4.41. The van der Waals surface area contributed by atoms with Crippen LogP contribution in [0.25, 0.3) is 0 Å². The fraction of sp³-hybridized carbons (Fsp3) is 0.485. The predicted octanol–water partition coefficient (Wildman–Crippen LogP) is 3.34. The van der Waals surface area contributed by atoms with E-state index in [1.54, 1.807) is 71.1 Å². The van der Waals surface area contributed by atoms with E-state index in [9.17, 15) is 29.1 Å². The van der Waals surface area contributed by atoms with Gasteiger partial charge in [0, 0.05) is 37.0 Å². The molecule has 0 spiro atoms. The molecule has 0 unspecified atom stereocenters. The number of nitrogens with one attached hydrogen (secondary N) is 2. The number of carbonyl (C=O) groups excluding carboxylic acids is 5. The maximum atomic E-state index is 13.0. The molecule has 0 radical (unpaired) electrons. The van der Waals surface area contributed by atoms with E-state index in [2.05, 4.69) is 10.6 Å². The molecule has 0 aromatic carbocycles. The van der Waals surface area contributed by atoms with Crippen molar-refractivity contribution in [2.75, 3.05) is 7.11 Å². The molecule has 10 heteroatoms. The van der Waals surface area contributed by atoms with Gasteiger partial charge >= 0.3 is 5.97 Å². The van der Waals surface area contributed by atoms with E-state index >= 15 is 0 Å². The summed E-state index contributed by atoms with van der Waals surface area (Å²) < 4.78 is 11.1. The molecule has 1 aliphatic carbocycles. The van der Waals surface area contributed by atoms with Gasteiger partial charge < -0.3 is 25.2 Å². The topological polar surface area (TPSA) is 148 Å². The lowest BCUT2D eigenvalue weighted by atomic mass is 9.90.